The van der Waals surface area contributed by atoms with Crippen molar-refractivity contribution in [2.24, 2.45) is 10.2 Å². The van der Waals surface area contributed by atoms with E-state index in [4.69, 9.17) is 4.55 Å². The number of rotatable bonds is 6. The largest absolute Gasteiger partial charge is 0.350 e. The van der Waals surface area contributed by atoms with Crippen LogP contribution in [-0.4, -0.2) is 17.9 Å². The van der Waals surface area contributed by atoms with Crippen LogP contribution < -0.4 is 5.32 Å². The second kappa shape index (κ2) is 7.94. The van der Waals surface area contributed by atoms with Gasteiger partial charge < -0.3 is 5.32 Å². The Kier molecular flexibility index (Phi) is 5.43. The molecule has 2 N–H and O–H groups in total. The molecule has 0 aliphatic carbocycles. The van der Waals surface area contributed by atoms with E-state index < -0.39 is 15.0 Å². The quantitative estimate of drug-likeness (QED) is 0.260. The molecule has 0 bridgehead atoms. The zero-order chi connectivity index (χ0) is 20.1. The Bertz CT molecular complexity index is 1130. The molecule has 0 aliphatic heterocycles. The molecule has 0 heterocycles. The van der Waals surface area contributed by atoms with Crippen LogP contribution >= 0.6 is 0 Å². The molecule has 0 radical (unpaired) electrons. The molecule has 0 aromatic heterocycles. The normalized spacial score (nSPS) is 11.5. The fourth-order valence-corrected chi connectivity index (χ4v) is 2.79. The van der Waals surface area contributed by atoms with E-state index in [1.807, 2.05) is 0 Å². The molecule has 10 heteroatoms. The van der Waals surface area contributed by atoms with Gasteiger partial charge in [0.15, 0.2) is 0 Å². The molecule has 0 fully saturated rings. The topological polar surface area (TPSA) is 134 Å². The molecule has 0 saturated heterocycles. The van der Waals surface area contributed by atoms with Crippen molar-refractivity contribution in [1.82, 2.24) is 0 Å². The summed E-state index contributed by atoms with van der Waals surface area (Å²) in [6.45, 7) is 0. The molecule has 0 unspecified atom stereocenters. The van der Waals surface area contributed by atoms with Crippen LogP contribution in [0, 0.1) is 10.1 Å². The van der Waals surface area contributed by atoms with E-state index in [0.717, 1.165) is 0 Å². The summed E-state index contributed by atoms with van der Waals surface area (Å²) in [6.07, 6.45) is 0. The third kappa shape index (κ3) is 4.75. The molecule has 9 nitrogen and oxygen atoms in total. The minimum atomic E-state index is -4.25. The molecule has 3 aromatic carbocycles. The lowest BCUT2D eigenvalue weighted by atomic mass is 10.2. The first kappa shape index (κ1) is 19.1. The number of benzene rings is 3. The average molecular weight is 398 g/mol. The maximum absolute atomic E-state index is 11.1. The Hall–Kier alpha value is -3.63. The van der Waals surface area contributed by atoms with E-state index in [9.17, 15) is 18.5 Å². The van der Waals surface area contributed by atoms with Crippen molar-refractivity contribution >= 4 is 38.6 Å². The van der Waals surface area contributed by atoms with Gasteiger partial charge in [-0.05, 0) is 54.6 Å². The summed E-state index contributed by atoms with van der Waals surface area (Å²) in [5.74, 6) is 0. The standard InChI is InChI=1S/C18H14N4O5S/c23-22(24)18-4-2-1-3-17(18)19-13-5-7-14(8-6-13)20-21-15-9-11-16(12-10-15)28(25,26)27/h1-12,19H,(H,25,26,27). The predicted octanol–water partition coefficient (Wildman–Crippen LogP) is 5.00. The summed E-state index contributed by atoms with van der Waals surface area (Å²) in [5, 5.41) is 22.1. The highest BCUT2D eigenvalue weighted by molar-refractivity contribution is 7.85. The van der Waals surface area contributed by atoms with Crippen LogP contribution in [0.2, 0.25) is 0 Å². The molecule has 28 heavy (non-hydrogen) atoms. The maximum Gasteiger partial charge on any atom is 0.294 e. The Morgan fingerprint density at radius 1 is 0.857 bits per heavy atom. The second-order valence-electron chi connectivity index (χ2n) is 5.62. The molecule has 0 amide bonds. The van der Waals surface area contributed by atoms with Crippen LogP contribution in [0.25, 0.3) is 0 Å². The minimum Gasteiger partial charge on any atom is -0.350 e. The van der Waals surface area contributed by atoms with Crippen LogP contribution in [0.4, 0.5) is 28.4 Å². The van der Waals surface area contributed by atoms with Crippen LogP contribution in [0.1, 0.15) is 0 Å². The monoisotopic (exact) mass is 398 g/mol. The number of anilines is 2. The second-order valence-corrected chi connectivity index (χ2v) is 7.04. The highest BCUT2D eigenvalue weighted by atomic mass is 32.2. The van der Waals surface area contributed by atoms with Crippen LogP contribution in [0.3, 0.4) is 0 Å². The highest BCUT2D eigenvalue weighted by Gasteiger charge is 2.12. The molecule has 0 saturated carbocycles. The third-order valence-electron chi connectivity index (χ3n) is 3.66. The van der Waals surface area contributed by atoms with Crippen molar-refractivity contribution in [1.29, 1.82) is 0 Å². The van der Waals surface area contributed by atoms with E-state index in [1.54, 1.807) is 42.5 Å². The van der Waals surface area contributed by atoms with Gasteiger partial charge in [-0.1, -0.05) is 12.1 Å². The lowest BCUT2D eigenvalue weighted by Crippen LogP contribution is -1.96. The number of para-hydroxylation sites is 2. The van der Waals surface area contributed by atoms with Crippen molar-refractivity contribution in [3.05, 3.63) is 82.9 Å². The Morgan fingerprint density at radius 2 is 1.39 bits per heavy atom. The molecule has 142 valence electrons. The van der Waals surface area contributed by atoms with Gasteiger partial charge in [-0.3, -0.25) is 14.7 Å². The van der Waals surface area contributed by atoms with Gasteiger partial charge in [0.1, 0.15) is 5.69 Å². The summed E-state index contributed by atoms with van der Waals surface area (Å²) in [7, 11) is -4.25. The fourth-order valence-electron chi connectivity index (χ4n) is 2.31. The fraction of sp³-hybridized carbons (Fsp3) is 0. The number of nitrogens with zero attached hydrogens (tertiary/aromatic N) is 3. The smallest absolute Gasteiger partial charge is 0.294 e. The van der Waals surface area contributed by atoms with Gasteiger partial charge in [0.05, 0.1) is 21.2 Å². The third-order valence-corrected chi connectivity index (χ3v) is 4.53. The molecule has 0 atom stereocenters. The van der Waals surface area contributed by atoms with Crippen molar-refractivity contribution in [2.75, 3.05) is 5.32 Å². The van der Waals surface area contributed by atoms with Gasteiger partial charge in [0.2, 0.25) is 0 Å². The predicted molar refractivity (Wildman–Crippen MR) is 103 cm³/mol. The molecule has 3 aromatic rings. The molecule has 3 rings (SSSR count). The summed E-state index contributed by atoms with van der Waals surface area (Å²) in [4.78, 5) is 10.4. The summed E-state index contributed by atoms with van der Waals surface area (Å²) >= 11 is 0. The van der Waals surface area contributed by atoms with E-state index in [0.29, 0.717) is 22.7 Å². The first-order chi connectivity index (χ1) is 13.3. The van der Waals surface area contributed by atoms with Crippen molar-refractivity contribution in [3.8, 4) is 0 Å². The van der Waals surface area contributed by atoms with E-state index in [-0.39, 0.29) is 10.6 Å². The lowest BCUT2D eigenvalue weighted by Gasteiger charge is -2.06. The van der Waals surface area contributed by atoms with Gasteiger partial charge in [-0.25, -0.2) is 0 Å². The van der Waals surface area contributed by atoms with Gasteiger partial charge in [0, 0.05) is 11.8 Å². The number of azo groups is 1. The Labute approximate surface area is 160 Å². The van der Waals surface area contributed by atoms with Crippen LogP contribution in [-0.2, 0) is 10.1 Å². The van der Waals surface area contributed by atoms with E-state index in [1.165, 1.54) is 30.3 Å². The number of hydrogen-bond donors (Lipinski definition) is 2. The molecular formula is C18H14N4O5S. The zero-order valence-electron chi connectivity index (χ0n) is 14.3. The van der Waals surface area contributed by atoms with Gasteiger partial charge in [-0.2, -0.15) is 18.6 Å². The van der Waals surface area contributed by atoms with Crippen LogP contribution in [0.5, 0.6) is 0 Å². The first-order valence-electron chi connectivity index (χ1n) is 7.93. The van der Waals surface area contributed by atoms with Crippen molar-refractivity contribution in [2.45, 2.75) is 4.90 Å². The number of nitro groups is 1. The molecule has 0 spiro atoms. The Morgan fingerprint density at radius 3 is 1.93 bits per heavy atom. The van der Waals surface area contributed by atoms with Crippen LogP contribution in [0.15, 0.2) is 87.9 Å². The summed E-state index contributed by atoms with van der Waals surface area (Å²) in [5.41, 5.74) is 1.94. The highest BCUT2D eigenvalue weighted by Crippen LogP contribution is 2.28. The summed E-state index contributed by atoms with van der Waals surface area (Å²) < 4.78 is 30.9. The Balaban J connectivity index is 1.71. The van der Waals surface area contributed by atoms with Crippen molar-refractivity contribution < 1.29 is 17.9 Å². The SMILES string of the molecule is O=[N+]([O-])c1ccccc1Nc1ccc(N=Nc2ccc(S(=O)(=O)O)cc2)cc1. The minimum absolute atomic E-state index is 0.0281. The summed E-state index contributed by atoms with van der Waals surface area (Å²) in [6, 6.07) is 18.3. The van der Waals surface area contributed by atoms with Gasteiger partial charge in [0.25, 0.3) is 15.8 Å². The van der Waals surface area contributed by atoms with Crippen molar-refractivity contribution in [3.63, 3.8) is 0 Å². The average Bonchev–Trinajstić information content (AvgIpc) is 2.67. The van der Waals surface area contributed by atoms with E-state index in [2.05, 4.69) is 15.5 Å². The zero-order valence-corrected chi connectivity index (χ0v) is 15.1. The number of hydrogen-bond acceptors (Lipinski definition) is 7. The lowest BCUT2D eigenvalue weighted by molar-refractivity contribution is -0.383. The molecular weight excluding hydrogens is 384 g/mol. The van der Waals surface area contributed by atoms with Gasteiger partial charge >= 0.3 is 0 Å². The van der Waals surface area contributed by atoms with Gasteiger partial charge in [-0.15, -0.1) is 0 Å². The first-order valence-corrected chi connectivity index (χ1v) is 9.37. The number of nitro benzene ring substituents is 1. The van der Waals surface area contributed by atoms with E-state index >= 15 is 0 Å². The number of nitrogens with one attached hydrogen (secondary N) is 1. The maximum atomic E-state index is 11.1. The molecule has 0 aliphatic rings.